The second-order valence-corrected chi connectivity index (χ2v) is 4.97. The van der Waals surface area contributed by atoms with Crippen molar-refractivity contribution in [2.45, 2.75) is 32.8 Å². The fourth-order valence-electron chi connectivity index (χ4n) is 1.36. The van der Waals surface area contributed by atoms with Crippen molar-refractivity contribution in [2.24, 2.45) is 0 Å². The molecular weight excluding hydrogens is 216 g/mol. The Hall–Kier alpha value is -1.35. The second kappa shape index (κ2) is 5.82. The van der Waals surface area contributed by atoms with E-state index in [1.165, 1.54) is 0 Å². The van der Waals surface area contributed by atoms with Gasteiger partial charge >= 0.3 is 0 Å². The quantitative estimate of drug-likeness (QED) is 0.788. The maximum absolute atomic E-state index is 11.7. The molecule has 0 aliphatic carbocycles. The van der Waals surface area contributed by atoms with Gasteiger partial charge in [0.1, 0.15) is 12.4 Å². The number of carbonyl (C=O) groups is 1. The van der Waals surface area contributed by atoms with Crippen LogP contribution in [0.15, 0.2) is 24.3 Å². The number of carbonyl (C=O) groups excluding carboxylic acids is 1. The summed E-state index contributed by atoms with van der Waals surface area (Å²) >= 11 is 0. The summed E-state index contributed by atoms with van der Waals surface area (Å²) in [5, 5.41) is 0. The van der Waals surface area contributed by atoms with Crippen molar-refractivity contribution < 1.29 is 14.3 Å². The van der Waals surface area contributed by atoms with Gasteiger partial charge in [-0.1, -0.05) is 12.1 Å². The summed E-state index contributed by atoms with van der Waals surface area (Å²) in [4.78, 5) is 11.7. The lowest BCUT2D eigenvalue weighted by atomic mass is 10.1. The van der Waals surface area contributed by atoms with E-state index in [1.54, 1.807) is 7.11 Å². The minimum atomic E-state index is -0.274. The molecular formula is C14H20O3. The Bertz CT molecular complexity index is 377. The number of benzene rings is 1. The molecule has 0 bridgehead atoms. The third-order valence-electron chi connectivity index (χ3n) is 2.20. The molecule has 0 aliphatic rings. The van der Waals surface area contributed by atoms with Gasteiger partial charge in [-0.2, -0.15) is 0 Å². The largest absolute Gasteiger partial charge is 0.497 e. The summed E-state index contributed by atoms with van der Waals surface area (Å²) in [6.07, 6.45) is 0.382. The first kappa shape index (κ1) is 13.7. The fraction of sp³-hybridized carbons (Fsp3) is 0.500. The molecule has 94 valence electrons. The van der Waals surface area contributed by atoms with E-state index < -0.39 is 0 Å². The van der Waals surface area contributed by atoms with E-state index in [0.29, 0.717) is 6.42 Å². The van der Waals surface area contributed by atoms with Crippen LogP contribution in [0, 0.1) is 0 Å². The molecule has 0 amide bonds. The van der Waals surface area contributed by atoms with Gasteiger partial charge in [0.25, 0.3) is 0 Å². The average molecular weight is 236 g/mol. The molecule has 0 aliphatic heterocycles. The van der Waals surface area contributed by atoms with Crippen molar-refractivity contribution in [3.63, 3.8) is 0 Å². The molecule has 0 N–H and O–H groups in total. The number of ether oxygens (including phenoxy) is 2. The predicted octanol–water partition coefficient (Wildman–Crippen LogP) is 2.62. The van der Waals surface area contributed by atoms with Gasteiger partial charge < -0.3 is 9.47 Å². The van der Waals surface area contributed by atoms with E-state index >= 15 is 0 Å². The lowest BCUT2D eigenvalue weighted by Crippen LogP contribution is -2.24. The molecule has 1 aromatic rings. The maximum Gasteiger partial charge on any atom is 0.162 e. The van der Waals surface area contributed by atoms with Crippen molar-refractivity contribution in [3.8, 4) is 5.75 Å². The fourth-order valence-corrected chi connectivity index (χ4v) is 1.36. The van der Waals surface area contributed by atoms with E-state index in [0.717, 1.165) is 11.3 Å². The number of rotatable bonds is 5. The first-order valence-corrected chi connectivity index (χ1v) is 5.69. The standard InChI is InChI=1S/C14H20O3/c1-14(2,3)17-10-12(15)8-11-6-5-7-13(9-11)16-4/h5-7,9H,8,10H2,1-4H3. The van der Waals surface area contributed by atoms with Gasteiger partial charge in [-0.15, -0.1) is 0 Å². The lowest BCUT2D eigenvalue weighted by Gasteiger charge is -2.18. The van der Waals surface area contributed by atoms with Crippen LogP contribution in [0.5, 0.6) is 5.75 Å². The highest BCUT2D eigenvalue weighted by Gasteiger charge is 2.13. The van der Waals surface area contributed by atoms with Crippen LogP contribution < -0.4 is 4.74 Å². The molecule has 0 heterocycles. The summed E-state index contributed by atoms with van der Waals surface area (Å²) in [6.45, 7) is 5.96. The molecule has 0 unspecified atom stereocenters. The van der Waals surface area contributed by atoms with Gasteiger partial charge in [0, 0.05) is 6.42 Å². The van der Waals surface area contributed by atoms with Crippen LogP contribution in [0.25, 0.3) is 0 Å². The number of hydrogen-bond acceptors (Lipinski definition) is 3. The first-order valence-electron chi connectivity index (χ1n) is 5.69. The van der Waals surface area contributed by atoms with Gasteiger partial charge in [0.15, 0.2) is 5.78 Å². The first-order chi connectivity index (χ1) is 7.90. The van der Waals surface area contributed by atoms with Crippen molar-refractivity contribution in [2.75, 3.05) is 13.7 Å². The van der Waals surface area contributed by atoms with E-state index in [2.05, 4.69) is 0 Å². The zero-order chi connectivity index (χ0) is 12.9. The number of ketones is 1. The Balaban J connectivity index is 2.50. The van der Waals surface area contributed by atoms with Crippen molar-refractivity contribution >= 4 is 5.78 Å². The number of methoxy groups -OCH3 is 1. The van der Waals surface area contributed by atoms with Gasteiger partial charge in [-0.3, -0.25) is 4.79 Å². The van der Waals surface area contributed by atoms with Crippen molar-refractivity contribution in [3.05, 3.63) is 29.8 Å². The second-order valence-electron chi connectivity index (χ2n) is 4.97. The average Bonchev–Trinajstić information content (AvgIpc) is 2.26. The zero-order valence-electron chi connectivity index (χ0n) is 10.9. The van der Waals surface area contributed by atoms with Crippen molar-refractivity contribution in [1.29, 1.82) is 0 Å². The SMILES string of the molecule is COc1cccc(CC(=O)COC(C)(C)C)c1. The summed E-state index contributed by atoms with van der Waals surface area (Å²) in [5.74, 6) is 0.847. The van der Waals surface area contributed by atoms with Crippen LogP contribution in [0.4, 0.5) is 0 Å². The van der Waals surface area contributed by atoms with Crippen LogP contribution in [0.3, 0.4) is 0 Å². The van der Waals surface area contributed by atoms with Gasteiger partial charge in [-0.05, 0) is 38.5 Å². The van der Waals surface area contributed by atoms with Gasteiger partial charge in [0.05, 0.1) is 12.7 Å². The molecule has 1 aromatic carbocycles. The monoisotopic (exact) mass is 236 g/mol. The minimum absolute atomic E-state index is 0.0770. The molecule has 0 saturated carbocycles. The van der Waals surface area contributed by atoms with E-state index in [1.807, 2.05) is 45.0 Å². The topological polar surface area (TPSA) is 35.5 Å². The molecule has 0 saturated heterocycles. The third kappa shape index (κ3) is 5.50. The summed E-state index contributed by atoms with van der Waals surface area (Å²) in [7, 11) is 1.61. The number of Topliss-reactive ketones (excluding diaryl/α,β-unsaturated/α-hetero) is 1. The summed E-state index contributed by atoms with van der Waals surface area (Å²) in [6, 6.07) is 7.53. The molecule has 0 radical (unpaired) electrons. The summed E-state index contributed by atoms with van der Waals surface area (Å²) < 4.78 is 10.5. The van der Waals surface area contributed by atoms with Crippen LogP contribution in [0.1, 0.15) is 26.3 Å². The molecule has 17 heavy (non-hydrogen) atoms. The Morgan fingerprint density at radius 2 is 2.00 bits per heavy atom. The molecule has 3 heteroatoms. The van der Waals surface area contributed by atoms with Crippen LogP contribution in [0.2, 0.25) is 0 Å². The molecule has 0 atom stereocenters. The minimum Gasteiger partial charge on any atom is -0.497 e. The third-order valence-corrected chi connectivity index (χ3v) is 2.20. The van der Waals surface area contributed by atoms with Gasteiger partial charge in [0.2, 0.25) is 0 Å². The van der Waals surface area contributed by atoms with Gasteiger partial charge in [-0.25, -0.2) is 0 Å². The maximum atomic E-state index is 11.7. The zero-order valence-corrected chi connectivity index (χ0v) is 10.9. The highest BCUT2D eigenvalue weighted by molar-refractivity contribution is 5.82. The van der Waals surface area contributed by atoms with E-state index in [4.69, 9.17) is 9.47 Å². The highest BCUT2D eigenvalue weighted by atomic mass is 16.5. The molecule has 0 fully saturated rings. The molecule has 0 aromatic heterocycles. The Morgan fingerprint density at radius 1 is 1.29 bits per heavy atom. The van der Waals surface area contributed by atoms with Crippen LogP contribution in [-0.4, -0.2) is 25.1 Å². The molecule has 3 nitrogen and oxygen atoms in total. The van der Waals surface area contributed by atoms with Crippen LogP contribution in [-0.2, 0) is 16.0 Å². The normalized spacial score (nSPS) is 11.3. The smallest absolute Gasteiger partial charge is 0.162 e. The van der Waals surface area contributed by atoms with Crippen LogP contribution >= 0.6 is 0 Å². The Labute approximate surface area is 103 Å². The Kier molecular flexibility index (Phi) is 4.70. The lowest BCUT2D eigenvalue weighted by molar-refractivity contribution is -0.127. The van der Waals surface area contributed by atoms with Crippen molar-refractivity contribution in [1.82, 2.24) is 0 Å². The molecule has 1 rings (SSSR count). The molecule has 0 spiro atoms. The Morgan fingerprint density at radius 3 is 2.59 bits per heavy atom. The van der Waals surface area contributed by atoms with E-state index in [9.17, 15) is 4.79 Å². The highest BCUT2D eigenvalue weighted by Crippen LogP contribution is 2.13. The summed E-state index contributed by atoms with van der Waals surface area (Å²) in [5.41, 5.74) is 0.677. The number of hydrogen-bond donors (Lipinski definition) is 0. The van der Waals surface area contributed by atoms with E-state index in [-0.39, 0.29) is 18.0 Å². The predicted molar refractivity (Wildman–Crippen MR) is 67.4 cm³/mol.